The van der Waals surface area contributed by atoms with Gasteiger partial charge in [0.1, 0.15) is 0 Å². The minimum atomic E-state index is 0.400. The lowest BCUT2D eigenvalue weighted by Gasteiger charge is -2.31. The van der Waals surface area contributed by atoms with Gasteiger partial charge < -0.3 is 5.73 Å². The predicted molar refractivity (Wildman–Crippen MR) is 82.2 cm³/mol. The summed E-state index contributed by atoms with van der Waals surface area (Å²) in [6, 6.07) is 9.09. The van der Waals surface area contributed by atoms with Gasteiger partial charge in [0, 0.05) is 12.6 Å². The van der Waals surface area contributed by atoms with Crippen molar-refractivity contribution < 1.29 is 0 Å². The van der Waals surface area contributed by atoms with E-state index in [1.807, 2.05) is 0 Å². The molecule has 19 heavy (non-hydrogen) atoms. The van der Waals surface area contributed by atoms with E-state index in [1.54, 1.807) is 0 Å². The number of benzene rings is 1. The molecule has 1 aliphatic heterocycles. The van der Waals surface area contributed by atoms with Crippen molar-refractivity contribution in [3.63, 3.8) is 0 Å². The Hall–Kier alpha value is -0.860. The molecule has 1 aromatic carbocycles. The Bertz CT molecular complexity index is 389. The molecule has 2 rings (SSSR count). The first kappa shape index (κ1) is 14.5. The SMILES string of the molecule is CCC1CCCN(C(CN)c2ccccc2C)CC1. The second-order valence-electron chi connectivity index (χ2n) is 5.85. The summed E-state index contributed by atoms with van der Waals surface area (Å²) < 4.78 is 0. The van der Waals surface area contributed by atoms with Gasteiger partial charge in [-0.15, -0.1) is 0 Å². The molecule has 1 heterocycles. The fourth-order valence-electron chi connectivity index (χ4n) is 3.34. The number of nitrogens with two attached hydrogens (primary N) is 1. The Morgan fingerprint density at radius 2 is 2.05 bits per heavy atom. The summed E-state index contributed by atoms with van der Waals surface area (Å²) in [7, 11) is 0. The van der Waals surface area contributed by atoms with Crippen LogP contribution in [-0.4, -0.2) is 24.5 Å². The number of likely N-dealkylation sites (tertiary alicyclic amines) is 1. The summed E-state index contributed by atoms with van der Waals surface area (Å²) >= 11 is 0. The third-order valence-corrected chi connectivity index (χ3v) is 4.67. The molecule has 2 N–H and O–H groups in total. The second-order valence-corrected chi connectivity index (χ2v) is 5.85. The van der Waals surface area contributed by atoms with Crippen molar-refractivity contribution in [2.75, 3.05) is 19.6 Å². The highest BCUT2D eigenvalue weighted by molar-refractivity contribution is 5.29. The number of rotatable bonds is 4. The molecule has 2 unspecified atom stereocenters. The largest absolute Gasteiger partial charge is 0.329 e. The molecule has 0 aliphatic carbocycles. The van der Waals surface area contributed by atoms with Gasteiger partial charge >= 0.3 is 0 Å². The molecule has 0 bridgehead atoms. The van der Waals surface area contributed by atoms with Crippen molar-refractivity contribution in [1.82, 2.24) is 4.90 Å². The van der Waals surface area contributed by atoms with E-state index in [-0.39, 0.29) is 0 Å². The van der Waals surface area contributed by atoms with Crippen LogP contribution in [0.25, 0.3) is 0 Å². The van der Waals surface area contributed by atoms with Gasteiger partial charge in [0.25, 0.3) is 0 Å². The molecule has 0 amide bonds. The number of hydrogen-bond donors (Lipinski definition) is 1. The molecule has 0 spiro atoms. The molecular weight excluding hydrogens is 232 g/mol. The first-order valence-electron chi connectivity index (χ1n) is 7.76. The van der Waals surface area contributed by atoms with Crippen molar-refractivity contribution in [1.29, 1.82) is 0 Å². The van der Waals surface area contributed by atoms with Gasteiger partial charge in [-0.2, -0.15) is 0 Å². The lowest BCUT2D eigenvalue weighted by molar-refractivity contribution is 0.206. The van der Waals surface area contributed by atoms with E-state index in [0.29, 0.717) is 6.04 Å². The van der Waals surface area contributed by atoms with Crippen LogP contribution >= 0.6 is 0 Å². The van der Waals surface area contributed by atoms with Gasteiger partial charge in [-0.3, -0.25) is 4.90 Å². The van der Waals surface area contributed by atoms with E-state index >= 15 is 0 Å². The number of nitrogens with zero attached hydrogens (tertiary/aromatic N) is 1. The molecule has 2 atom stereocenters. The van der Waals surface area contributed by atoms with E-state index in [2.05, 4.69) is 43.0 Å². The summed E-state index contributed by atoms with van der Waals surface area (Å²) in [4.78, 5) is 2.61. The Morgan fingerprint density at radius 3 is 2.74 bits per heavy atom. The normalized spacial score (nSPS) is 23.0. The predicted octanol–water partition coefficient (Wildman–Crippen LogP) is 3.51. The first-order valence-corrected chi connectivity index (χ1v) is 7.76. The van der Waals surface area contributed by atoms with Crippen LogP contribution in [0.2, 0.25) is 0 Å². The highest BCUT2D eigenvalue weighted by Gasteiger charge is 2.23. The van der Waals surface area contributed by atoms with Gasteiger partial charge in [-0.1, -0.05) is 37.6 Å². The molecule has 1 fully saturated rings. The van der Waals surface area contributed by atoms with Crippen LogP contribution in [0, 0.1) is 12.8 Å². The molecule has 106 valence electrons. The maximum Gasteiger partial charge on any atom is 0.0473 e. The monoisotopic (exact) mass is 260 g/mol. The maximum absolute atomic E-state index is 6.08. The lowest BCUT2D eigenvalue weighted by Crippen LogP contribution is -2.35. The van der Waals surface area contributed by atoms with Gasteiger partial charge in [0.2, 0.25) is 0 Å². The Kier molecular flexibility index (Phi) is 5.41. The average Bonchev–Trinajstić information content (AvgIpc) is 2.67. The van der Waals surface area contributed by atoms with Gasteiger partial charge in [-0.25, -0.2) is 0 Å². The van der Waals surface area contributed by atoms with E-state index < -0.39 is 0 Å². The Morgan fingerprint density at radius 1 is 1.26 bits per heavy atom. The van der Waals surface area contributed by atoms with Gasteiger partial charge in [-0.05, 0) is 56.3 Å². The molecule has 2 nitrogen and oxygen atoms in total. The molecule has 0 radical (unpaired) electrons. The smallest absolute Gasteiger partial charge is 0.0473 e. The van der Waals surface area contributed by atoms with Crippen LogP contribution in [-0.2, 0) is 0 Å². The zero-order valence-electron chi connectivity index (χ0n) is 12.4. The fourth-order valence-corrected chi connectivity index (χ4v) is 3.34. The zero-order chi connectivity index (χ0) is 13.7. The van der Waals surface area contributed by atoms with E-state index in [1.165, 1.54) is 49.9 Å². The highest BCUT2D eigenvalue weighted by atomic mass is 15.2. The van der Waals surface area contributed by atoms with E-state index in [4.69, 9.17) is 5.73 Å². The van der Waals surface area contributed by atoms with Crippen LogP contribution in [0.15, 0.2) is 24.3 Å². The Balaban J connectivity index is 2.11. The van der Waals surface area contributed by atoms with Crippen LogP contribution in [0.3, 0.4) is 0 Å². The van der Waals surface area contributed by atoms with Crippen molar-refractivity contribution in [2.24, 2.45) is 11.7 Å². The lowest BCUT2D eigenvalue weighted by atomic mass is 9.98. The zero-order valence-corrected chi connectivity index (χ0v) is 12.4. The fraction of sp³-hybridized carbons (Fsp3) is 0.647. The summed E-state index contributed by atoms with van der Waals surface area (Å²) in [5, 5.41) is 0. The minimum absolute atomic E-state index is 0.400. The number of hydrogen-bond acceptors (Lipinski definition) is 2. The third kappa shape index (κ3) is 3.58. The van der Waals surface area contributed by atoms with Crippen LogP contribution in [0.1, 0.15) is 49.8 Å². The molecule has 1 aromatic rings. The quantitative estimate of drug-likeness (QED) is 0.897. The topological polar surface area (TPSA) is 29.3 Å². The number of aryl methyl sites for hydroxylation is 1. The summed E-state index contributed by atoms with van der Waals surface area (Å²) in [5.74, 6) is 0.917. The molecule has 0 aromatic heterocycles. The average molecular weight is 260 g/mol. The highest BCUT2D eigenvalue weighted by Crippen LogP contribution is 2.28. The van der Waals surface area contributed by atoms with E-state index in [9.17, 15) is 0 Å². The standard InChI is InChI=1S/C17H28N2/c1-3-15-8-6-11-19(12-10-15)17(13-18)16-9-5-4-7-14(16)2/h4-5,7,9,15,17H,3,6,8,10-13,18H2,1-2H3. The van der Waals surface area contributed by atoms with Crippen molar-refractivity contribution >= 4 is 0 Å². The summed E-state index contributed by atoms with van der Waals surface area (Å²) in [6.07, 6.45) is 5.36. The van der Waals surface area contributed by atoms with Gasteiger partial charge in [0.15, 0.2) is 0 Å². The molecule has 1 aliphatic rings. The molecule has 0 saturated carbocycles. The maximum atomic E-state index is 6.08. The molecule has 1 saturated heterocycles. The minimum Gasteiger partial charge on any atom is -0.329 e. The van der Waals surface area contributed by atoms with Crippen molar-refractivity contribution in [3.05, 3.63) is 35.4 Å². The van der Waals surface area contributed by atoms with Gasteiger partial charge in [0.05, 0.1) is 0 Å². The summed E-state index contributed by atoms with van der Waals surface area (Å²) in [5.41, 5.74) is 8.87. The van der Waals surface area contributed by atoms with Crippen LogP contribution < -0.4 is 5.73 Å². The van der Waals surface area contributed by atoms with E-state index in [0.717, 1.165) is 12.5 Å². The Labute approximate surface area is 118 Å². The third-order valence-electron chi connectivity index (χ3n) is 4.67. The second kappa shape index (κ2) is 7.06. The molecule has 2 heteroatoms. The molecular formula is C17H28N2. The summed E-state index contributed by atoms with van der Waals surface area (Å²) in [6.45, 7) is 7.65. The van der Waals surface area contributed by atoms with Crippen LogP contribution in [0.5, 0.6) is 0 Å². The van der Waals surface area contributed by atoms with Crippen molar-refractivity contribution in [3.8, 4) is 0 Å². The van der Waals surface area contributed by atoms with Crippen molar-refractivity contribution in [2.45, 2.75) is 45.6 Å². The van der Waals surface area contributed by atoms with Crippen LogP contribution in [0.4, 0.5) is 0 Å². The first-order chi connectivity index (χ1) is 9.26.